The van der Waals surface area contributed by atoms with Crippen LogP contribution in [0, 0.1) is 5.92 Å². The molecule has 1 aliphatic rings. The quantitative estimate of drug-likeness (QED) is 0.744. The number of hydrogen-bond donors (Lipinski definition) is 0. The van der Waals surface area contributed by atoms with Crippen molar-refractivity contribution >= 4 is 5.78 Å². The molecule has 0 bridgehead atoms. The Morgan fingerprint density at radius 2 is 2.40 bits per heavy atom. The number of rotatable bonds is 2. The molecule has 2 atom stereocenters. The SMILES string of the molecule is CCC1CCC(=O)CC1c1nccn1C. The lowest BCUT2D eigenvalue weighted by Crippen LogP contribution is -2.25. The Morgan fingerprint density at radius 3 is 3.00 bits per heavy atom. The molecule has 82 valence electrons. The molecule has 0 aliphatic heterocycles. The number of carbonyl (C=O) groups excluding carboxylic acids is 1. The summed E-state index contributed by atoms with van der Waals surface area (Å²) in [6.45, 7) is 2.20. The fraction of sp³-hybridized carbons (Fsp3) is 0.667. The van der Waals surface area contributed by atoms with E-state index in [1.165, 1.54) is 0 Å². The van der Waals surface area contributed by atoms with Crippen molar-refractivity contribution in [1.29, 1.82) is 0 Å². The Hall–Kier alpha value is -1.12. The molecular formula is C12H18N2O. The third-order valence-electron chi connectivity index (χ3n) is 3.53. The third-order valence-corrected chi connectivity index (χ3v) is 3.53. The van der Waals surface area contributed by atoms with Gasteiger partial charge in [0.25, 0.3) is 0 Å². The Balaban J connectivity index is 2.24. The zero-order valence-corrected chi connectivity index (χ0v) is 9.44. The number of aryl methyl sites for hydroxylation is 1. The Morgan fingerprint density at radius 1 is 1.60 bits per heavy atom. The highest BCUT2D eigenvalue weighted by Gasteiger charge is 2.31. The Labute approximate surface area is 90.5 Å². The molecule has 2 unspecified atom stereocenters. The maximum Gasteiger partial charge on any atom is 0.133 e. The largest absolute Gasteiger partial charge is 0.338 e. The van der Waals surface area contributed by atoms with Crippen LogP contribution in [0.1, 0.15) is 44.3 Å². The lowest BCUT2D eigenvalue weighted by Gasteiger charge is -2.29. The molecule has 1 aromatic heterocycles. The average molecular weight is 206 g/mol. The van der Waals surface area contributed by atoms with Crippen LogP contribution in [0.5, 0.6) is 0 Å². The summed E-state index contributed by atoms with van der Waals surface area (Å²) in [5.41, 5.74) is 0. The van der Waals surface area contributed by atoms with E-state index in [0.717, 1.165) is 25.1 Å². The molecule has 3 nitrogen and oxygen atoms in total. The summed E-state index contributed by atoms with van der Waals surface area (Å²) in [5.74, 6) is 2.45. The van der Waals surface area contributed by atoms with Crippen LogP contribution >= 0.6 is 0 Å². The number of imidazole rings is 1. The predicted octanol–water partition coefficient (Wildman–Crippen LogP) is 2.28. The molecule has 0 aromatic carbocycles. The van der Waals surface area contributed by atoms with Gasteiger partial charge in [-0.25, -0.2) is 4.98 Å². The Bertz CT molecular complexity index is 356. The molecule has 1 aliphatic carbocycles. The molecule has 0 spiro atoms. The number of hydrogen-bond acceptors (Lipinski definition) is 2. The summed E-state index contributed by atoms with van der Waals surface area (Å²) in [7, 11) is 2.01. The molecule has 0 N–H and O–H groups in total. The highest BCUT2D eigenvalue weighted by atomic mass is 16.1. The van der Waals surface area contributed by atoms with Gasteiger partial charge in [-0.15, -0.1) is 0 Å². The second-order valence-electron chi connectivity index (χ2n) is 4.45. The van der Waals surface area contributed by atoms with E-state index in [2.05, 4.69) is 11.9 Å². The molecule has 1 saturated carbocycles. The highest BCUT2D eigenvalue weighted by molar-refractivity contribution is 5.80. The van der Waals surface area contributed by atoms with Gasteiger partial charge in [0, 0.05) is 38.2 Å². The predicted molar refractivity (Wildman–Crippen MR) is 58.6 cm³/mol. The fourth-order valence-corrected chi connectivity index (χ4v) is 2.59. The van der Waals surface area contributed by atoms with E-state index in [-0.39, 0.29) is 0 Å². The van der Waals surface area contributed by atoms with Gasteiger partial charge in [-0.3, -0.25) is 4.79 Å². The van der Waals surface area contributed by atoms with Crippen LogP contribution in [0.4, 0.5) is 0 Å². The van der Waals surface area contributed by atoms with Gasteiger partial charge in [-0.05, 0) is 12.3 Å². The van der Waals surface area contributed by atoms with Crippen molar-refractivity contribution in [2.75, 3.05) is 0 Å². The molecule has 0 saturated heterocycles. The first-order valence-electron chi connectivity index (χ1n) is 5.71. The summed E-state index contributed by atoms with van der Waals surface area (Å²) in [4.78, 5) is 15.9. The smallest absolute Gasteiger partial charge is 0.133 e. The van der Waals surface area contributed by atoms with Gasteiger partial charge >= 0.3 is 0 Å². The molecule has 1 aromatic rings. The molecule has 15 heavy (non-hydrogen) atoms. The monoisotopic (exact) mass is 206 g/mol. The van der Waals surface area contributed by atoms with Crippen molar-refractivity contribution in [3.63, 3.8) is 0 Å². The molecule has 2 rings (SSSR count). The minimum atomic E-state index is 0.344. The van der Waals surface area contributed by atoms with Gasteiger partial charge in [0.1, 0.15) is 11.6 Å². The minimum absolute atomic E-state index is 0.344. The van der Waals surface area contributed by atoms with E-state index < -0.39 is 0 Å². The van der Waals surface area contributed by atoms with Crippen molar-refractivity contribution < 1.29 is 4.79 Å². The Kier molecular flexibility index (Phi) is 2.89. The first-order valence-corrected chi connectivity index (χ1v) is 5.71. The summed E-state index contributed by atoms with van der Waals surface area (Å²) in [5, 5.41) is 0. The van der Waals surface area contributed by atoms with Gasteiger partial charge in [0.2, 0.25) is 0 Å². The van der Waals surface area contributed by atoms with E-state index in [9.17, 15) is 4.79 Å². The van der Waals surface area contributed by atoms with E-state index >= 15 is 0 Å². The number of Topliss-reactive ketones (excluding diaryl/α,β-unsaturated/α-hetero) is 1. The van der Waals surface area contributed by atoms with E-state index in [1.807, 2.05) is 24.0 Å². The normalized spacial score (nSPS) is 26.9. The van der Waals surface area contributed by atoms with Gasteiger partial charge < -0.3 is 4.57 Å². The summed E-state index contributed by atoms with van der Waals surface area (Å²) >= 11 is 0. The topological polar surface area (TPSA) is 34.9 Å². The lowest BCUT2D eigenvalue weighted by atomic mass is 9.77. The fourth-order valence-electron chi connectivity index (χ4n) is 2.59. The molecular weight excluding hydrogens is 188 g/mol. The molecule has 3 heteroatoms. The second-order valence-corrected chi connectivity index (χ2v) is 4.45. The first-order chi connectivity index (χ1) is 7.22. The van der Waals surface area contributed by atoms with Crippen molar-refractivity contribution in [2.45, 2.75) is 38.5 Å². The second kappa shape index (κ2) is 4.17. The van der Waals surface area contributed by atoms with Crippen LogP contribution in [0.2, 0.25) is 0 Å². The van der Waals surface area contributed by atoms with Gasteiger partial charge in [0.15, 0.2) is 0 Å². The van der Waals surface area contributed by atoms with E-state index in [1.54, 1.807) is 0 Å². The summed E-state index contributed by atoms with van der Waals surface area (Å²) in [6.07, 6.45) is 7.41. The van der Waals surface area contributed by atoms with Gasteiger partial charge in [-0.2, -0.15) is 0 Å². The maximum atomic E-state index is 11.5. The van der Waals surface area contributed by atoms with Crippen LogP contribution in [0.25, 0.3) is 0 Å². The lowest BCUT2D eigenvalue weighted by molar-refractivity contribution is -0.121. The van der Waals surface area contributed by atoms with Crippen LogP contribution < -0.4 is 0 Å². The van der Waals surface area contributed by atoms with Crippen molar-refractivity contribution in [1.82, 2.24) is 9.55 Å². The van der Waals surface area contributed by atoms with Crippen molar-refractivity contribution in [3.05, 3.63) is 18.2 Å². The average Bonchev–Trinajstić information content (AvgIpc) is 2.64. The molecule has 0 amide bonds. The van der Waals surface area contributed by atoms with Crippen molar-refractivity contribution in [2.24, 2.45) is 13.0 Å². The number of nitrogens with zero attached hydrogens (tertiary/aromatic N) is 2. The standard InChI is InChI=1S/C12H18N2O/c1-3-9-4-5-10(15)8-11(9)12-13-6-7-14(12)2/h6-7,9,11H,3-5,8H2,1-2H3. The molecule has 0 radical (unpaired) electrons. The van der Waals surface area contributed by atoms with Gasteiger partial charge in [0.05, 0.1) is 0 Å². The van der Waals surface area contributed by atoms with Crippen LogP contribution in [-0.2, 0) is 11.8 Å². The van der Waals surface area contributed by atoms with Crippen LogP contribution in [0.3, 0.4) is 0 Å². The van der Waals surface area contributed by atoms with Crippen LogP contribution in [0.15, 0.2) is 12.4 Å². The zero-order chi connectivity index (χ0) is 10.8. The number of ketones is 1. The maximum absolute atomic E-state index is 11.5. The first kappa shape index (κ1) is 10.4. The van der Waals surface area contributed by atoms with Crippen LogP contribution in [-0.4, -0.2) is 15.3 Å². The minimum Gasteiger partial charge on any atom is -0.338 e. The van der Waals surface area contributed by atoms with E-state index in [4.69, 9.17) is 0 Å². The molecule has 1 heterocycles. The summed E-state index contributed by atoms with van der Waals surface area (Å²) < 4.78 is 2.05. The number of carbonyl (C=O) groups is 1. The van der Waals surface area contributed by atoms with E-state index in [0.29, 0.717) is 24.0 Å². The van der Waals surface area contributed by atoms with Gasteiger partial charge in [-0.1, -0.05) is 13.3 Å². The summed E-state index contributed by atoms with van der Waals surface area (Å²) in [6, 6.07) is 0. The number of aromatic nitrogens is 2. The zero-order valence-electron chi connectivity index (χ0n) is 9.44. The van der Waals surface area contributed by atoms with Crippen molar-refractivity contribution in [3.8, 4) is 0 Å². The highest BCUT2D eigenvalue weighted by Crippen LogP contribution is 2.36. The third kappa shape index (κ3) is 1.96. The molecule has 1 fully saturated rings.